The third kappa shape index (κ3) is 5.45. The predicted octanol–water partition coefficient (Wildman–Crippen LogP) is 3.99. The number of esters is 1. The number of benzene rings is 2. The van der Waals surface area contributed by atoms with Crippen LogP contribution in [0.15, 0.2) is 48.5 Å². The fourth-order valence-corrected chi connectivity index (χ4v) is 2.71. The first kappa shape index (κ1) is 19.7. The van der Waals surface area contributed by atoms with Gasteiger partial charge in [-0.15, -0.1) is 0 Å². The fourth-order valence-electron chi connectivity index (χ4n) is 2.71. The SMILES string of the molecule is Cc1cccc(C(=O)O[C@@H](C)C(=O)N[C@H](C)CCc2ccccc2)c1C. The van der Waals surface area contributed by atoms with Crippen molar-refractivity contribution < 1.29 is 14.3 Å². The summed E-state index contributed by atoms with van der Waals surface area (Å²) in [6.07, 6.45) is 0.883. The van der Waals surface area contributed by atoms with Crippen molar-refractivity contribution in [2.45, 2.75) is 52.7 Å². The second kappa shape index (κ2) is 9.18. The lowest BCUT2D eigenvalue weighted by Gasteiger charge is -2.18. The Kier molecular flexibility index (Phi) is 6.96. The molecule has 0 heterocycles. The zero-order valence-corrected chi connectivity index (χ0v) is 15.9. The Morgan fingerprint density at radius 2 is 1.69 bits per heavy atom. The largest absolute Gasteiger partial charge is 0.449 e. The second-order valence-corrected chi connectivity index (χ2v) is 6.73. The van der Waals surface area contributed by atoms with Crippen LogP contribution < -0.4 is 5.32 Å². The van der Waals surface area contributed by atoms with Crippen molar-refractivity contribution in [2.75, 3.05) is 0 Å². The summed E-state index contributed by atoms with van der Waals surface area (Å²) in [4.78, 5) is 24.6. The summed E-state index contributed by atoms with van der Waals surface area (Å²) < 4.78 is 5.35. The van der Waals surface area contributed by atoms with Gasteiger partial charge in [0, 0.05) is 6.04 Å². The van der Waals surface area contributed by atoms with Crippen LogP contribution in [0.5, 0.6) is 0 Å². The second-order valence-electron chi connectivity index (χ2n) is 6.73. The molecule has 2 rings (SSSR count). The number of hydrogen-bond acceptors (Lipinski definition) is 3. The molecule has 0 fully saturated rings. The minimum atomic E-state index is -0.832. The summed E-state index contributed by atoms with van der Waals surface area (Å²) in [6.45, 7) is 7.38. The van der Waals surface area contributed by atoms with E-state index in [1.807, 2.05) is 51.1 Å². The third-order valence-electron chi connectivity index (χ3n) is 4.58. The van der Waals surface area contributed by atoms with Crippen molar-refractivity contribution in [1.82, 2.24) is 5.32 Å². The van der Waals surface area contributed by atoms with E-state index in [4.69, 9.17) is 4.74 Å². The van der Waals surface area contributed by atoms with Crippen molar-refractivity contribution in [3.8, 4) is 0 Å². The molecule has 0 bridgehead atoms. The molecule has 2 aromatic rings. The van der Waals surface area contributed by atoms with Crippen molar-refractivity contribution in [3.05, 3.63) is 70.8 Å². The summed E-state index contributed by atoms with van der Waals surface area (Å²) in [6, 6.07) is 15.6. The van der Waals surface area contributed by atoms with E-state index in [2.05, 4.69) is 17.4 Å². The molecule has 0 unspecified atom stereocenters. The minimum Gasteiger partial charge on any atom is -0.449 e. The van der Waals surface area contributed by atoms with Crippen LogP contribution in [0.1, 0.15) is 47.3 Å². The predicted molar refractivity (Wildman–Crippen MR) is 103 cm³/mol. The molecule has 0 aromatic heterocycles. The van der Waals surface area contributed by atoms with Gasteiger partial charge in [-0.2, -0.15) is 0 Å². The molecule has 2 aromatic carbocycles. The molecule has 0 saturated heterocycles. The Bertz CT molecular complexity index is 755. The van der Waals surface area contributed by atoms with Crippen LogP contribution in [-0.4, -0.2) is 24.0 Å². The number of ether oxygens (including phenoxy) is 1. The number of amides is 1. The molecule has 0 saturated carbocycles. The summed E-state index contributed by atoms with van der Waals surface area (Å²) in [7, 11) is 0. The summed E-state index contributed by atoms with van der Waals surface area (Å²) in [5, 5.41) is 2.92. The Morgan fingerprint density at radius 1 is 1.00 bits per heavy atom. The molecular weight excluding hydrogens is 326 g/mol. The van der Waals surface area contributed by atoms with Gasteiger partial charge in [0.2, 0.25) is 0 Å². The lowest BCUT2D eigenvalue weighted by Crippen LogP contribution is -2.41. The summed E-state index contributed by atoms with van der Waals surface area (Å²) >= 11 is 0. The van der Waals surface area contributed by atoms with Crippen LogP contribution in [0.25, 0.3) is 0 Å². The van der Waals surface area contributed by atoms with Gasteiger partial charge >= 0.3 is 5.97 Å². The highest BCUT2D eigenvalue weighted by molar-refractivity contribution is 5.93. The monoisotopic (exact) mass is 353 g/mol. The van der Waals surface area contributed by atoms with Gasteiger partial charge in [0.05, 0.1) is 5.56 Å². The molecular formula is C22H27NO3. The van der Waals surface area contributed by atoms with Gasteiger partial charge in [-0.05, 0) is 63.3 Å². The van der Waals surface area contributed by atoms with Crippen LogP contribution in [-0.2, 0) is 16.0 Å². The molecule has 0 radical (unpaired) electrons. The van der Waals surface area contributed by atoms with E-state index in [1.54, 1.807) is 13.0 Å². The van der Waals surface area contributed by atoms with Gasteiger partial charge in [0.1, 0.15) is 0 Å². The van der Waals surface area contributed by atoms with E-state index in [0.717, 1.165) is 24.0 Å². The first-order chi connectivity index (χ1) is 12.4. The lowest BCUT2D eigenvalue weighted by molar-refractivity contribution is -0.129. The molecule has 2 atom stereocenters. The van der Waals surface area contributed by atoms with E-state index in [0.29, 0.717) is 5.56 Å². The van der Waals surface area contributed by atoms with E-state index in [1.165, 1.54) is 5.56 Å². The molecule has 1 amide bonds. The van der Waals surface area contributed by atoms with E-state index in [-0.39, 0.29) is 11.9 Å². The van der Waals surface area contributed by atoms with Crippen LogP contribution in [0.4, 0.5) is 0 Å². The molecule has 4 heteroatoms. The quantitative estimate of drug-likeness (QED) is 0.766. The maximum absolute atomic E-state index is 12.3. The zero-order valence-electron chi connectivity index (χ0n) is 15.9. The first-order valence-electron chi connectivity index (χ1n) is 9.00. The van der Waals surface area contributed by atoms with Gasteiger partial charge in [-0.3, -0.25) is 4.79 Å². The standard InChI is InChI=1S/C22H27NO3/c1-15-9-8-12-20(17(15)3)22(25)26-18(4)21(24)23-16(2)13-14-19-10-6-5-7-11-19/h5-12,16,18H,13-14H2,1-4H3,(H,23,24)/t16-,18+/m1/s1. The van der Waals surface area contributed by atoms with Crippen LogP contribution in [0.3, 0.4) is 0 Å². The van der Waals surface area contributed by atoms with Gasteiger partial charge in [0.25, 0.3) is 5.91 Å². The van der Waals surface area contributed by atoms with E-state index >= 15 is 0 Å². The molecule has 4 nitrogen and oxygen atoms in total. The summed E-state index contributed by atoms with van der Waals surface area (Å²) in [5.41, 5.74) is 3.64. The average Bonchev–Trinajstić information content (AvgIpc) is 2.63. The number of carbonyl (C=O) groups is 2. The lowest BCUT2D eigenvalue weighted by atomic mass is 10.0. The highest BCUT2D eigenvalue weighted by atomic mass is 16.5. The molecule has 26 heavy (non-hydrogen) atoms. The Hall–Kier alpha value is -2.62. The summed E-state index contributed by atoms with van der Waals surface area (Å²) in [5.74, 6) is -0.741. The van der Waals surface area contributed by atoms with Gasteiger partial charge < -0.3 is 10.1 Å². The molecule has 0 aliphatic rings. The van der Waals surface area contributed by atoms with Crippen molar-refractivity contribution in [3.63, 3.8) is 0 Å². The third-order valence-corrected chi connectivity index (χ3v) is 4.58. The highest BCUT2D eigenvalue weighted by Gasteiger charge is 2.21. The number of nitrogens with one attached hydrogen (secondary N) is 1. The van der Waals surface area contributed by atoms with Crippen molar-refractivity contribution in [2.24, 2.45) is 0 Å². The number of hydrogen-bond donors (Lipinski definition) is 1. The maximum Gasteiger partial charge on any atom is 0.339 e. The van der Waals surface area contributed by atoms with Crippen molar-refractivity contribution >= 4 is 11.9 Å². The van der Waals surface area contributed by atoms with Gasteiger partial charge in [-0.1, -0.05) is 42.5 Å². The molecule has 0 aliphatic carbocycles. The maximum atomic E-state index is 12.3. The molecule has 138 valence electrons. The molecule has 1 N–H and O–H groups in total. The molecule has 0 spiro atoms. The van der Waals surface area contributed by atoms with Crippen LogP contribution >= 0.6 is 0 Å². The molecule has 0 aliphatic heterocycles. The number of rotatable bonds is 7. The van der Waals surface area contributed by atoms with Gasteiger partial charge in [-0.25, -0.2) is 4.79 Å². The smallest absolute Gasteiger partial charge is 0.339 e. The normalized spacial score (nSPS) is 12.9. The van der Waals surface area contributed by atoms with E-state index < -0.39 is 12.1 Å². The first-order valence-corrected chi connectivity index (χ1v) is 9.00. The van der Waals surface area contributed by atoms with Crippen LogP contribution in [0.2, 0.25) is 0 Å². The Labute approximate surface area is 155 Å². The topological polar surface area (TPSA) is 55.4 Å². The Morgan fingerprint density at radius 3 is 2.38 bits per heavy atom. The van der Waals surface area contributed by atoms with E-state index in [9.17, 15) is 9.59 Å². The zero-order chi connectivity index (χ0) is 19.1. The minimum absolute atomic E-state index is 0.00423. The van der Waals surface area contributed by atoms with Crippen molar-refractivity contribution in [1.29, 1.82) is 0 Å². The average molecular weight is 353 g/mol. The number of carbonyl (C=O) groups excluding carboxylic acids is 2. The fraction of sp³-hybridized carbons (Fsp3) is 0.364. The highest BCUT2D eigenvalue weighted by Crippen LogP contribution is 2.14. The number of aryl methyl sites for hydroxylation is 2. The Balaban J connectivity index is 1.84. The van der Waals surface area contributed by atoms with Gasteiger partial charge in [0.15, 0.2) is 6.10 Å². The van der Waals surface area contributed by atoms with Crippen LogP contribution in [0, 0.1) is 13.8 Å².